The number of rotatable bonds is 5. The third-order valence-corrected chi connectivity index (χ3v) is 2.99. The number of hydrogen-bond donors (Lipinski definition) is 2. The van der Waals surface area contributed by atoms with Crippen molar-refractivity contribution in [2.45, 2.75) is 6.42 Å². The maximum atomic E-state index is 5.66. The SMILES string of the molecule is C=C(Cl)CNC(=NC)NCCc1cccs1.I. The summed E-state index contributed by atoms with van der Waals surface area (Å²) >= 11 is 7.42. The van der Waals surface area contributed by atoms with Crippen molar-refractivity contribution in [2.75, 3.05) is 20.1 Å². The van der Waals surface area contributed by atoms with Crippen molar-refractivity contribution in [3.8, 4) is 0 Å². The predicted molar refractivity (Wildman–Crippen MR) is 87.8 cm³/mol. The highest BCUT2D eigenvalue weighted by molar-refractivity contribution is 14.0. The van der Waals surface area contributed by atoms with Crippen molar-refractivity contribution < 1.29 is 0 Å². The summed E-state index contributed by atoms with van der Waals surface area (Å²) in [6.07, 6.45) is 1.00. The molecule has 0 atom stereocenters. The summed E-state index contributed by atoms with van der Waals surface area (Å²) in [6, 6.07) is 4.19. The molecule has 0 aliphatic rings. The molecule has 0 aliphatic heterocycles. The lowest BCUT2D eigenvalue weighted by molar-refractivity contribution is 0.827. The van der Waals surface area contributed by atoms with Crippen LogP contribution in [-0.2, 0) is 6.42 Å². The molecule has 0 unspecified atom stereocenters. The minimum Gasteiger partial charge on any atom is -0.356 e. The highest BCUT2D eigenvalue weighted by Crippen LogP contribution is 2.07. The smallest absolute Gasteiger partial charge is 0.191 e. The molecular weight excluding hydrogens is 369 g/mol. The van der Waals surface area contributed by atoms with E-state index in [0.29, 0.717) is 11.6 Å². The standard InChI is InChI=1S/C11H16ClN3S.HI/c1-9(12)8-15-11(13-2)14-6-5-10-4-3-7-16-10;/h3-4,7H,1,5-6,8H2,2H3,(H2,13,14,15);1H. The van der Waals surface area contributed by atoms with Gasteiger partial charge in [-0.15, -0.1) is 35.3 Å². The molecule has 0 amide bonds. The summed E-state index contributed by atoms with van der Waals surface area (Å²) in [6.45, 7) is 4.99. The Hall–Kier alpha value is -0.270. The normalized spacial score (nSPS) is 10.6. The van der Waals surface area contributed by atoms with Gasteiger partial charge in [0.25, 0.3) is 0 Å². The van der Waals surface area contributed by atoms with E-state index < -0.39 is 0 Å². The van der Waals surface area contributed by atoms with E-state index in [-0.39, 0.29) is 24.0 Å². The Balaban J connectivity index is 0.00000256. The number of halogens is 2. The van der Waals surface area contributed by atoms with Gasteiger partial charge in [-0.05, 0) is 17.9 Å². The molecule has 1 aromatic rings. The first-order valence-corrected chi connectivity index (χ1v) is 6.28. The highest BCUT2D eigenvalue weighted by atomic mass is 127. The molecule has 0 spiro atoms. The van der Waals surface area contributed by atoms with Crippen LogP contribution < -0.4 is 10.6 Å². The van der Waals surface area contributed by atoms with E-state index in [2.05, 4.69) is 39.7 Å². The van der Waals surface area contributed by atoms with Crippen LogP contribution in [0.5, 0.6) is 0 Å². The minimum atomic E-state index is 0. The predicted octanol–water partition coefficient (Wildman–Crippen LogP) is 2.83. The number of guanidine groups is 1. The van der Waals surface area contributed by atoms with Crippen LogP contribution >= 0.6 is 46.9 Å². The second-order valence-corrected chi connectivity index (χ2v) is 4.77. The Bertz CT molecular complexity index is 352. The van der Waals surface area contributed by atoms with E-state index in [9.17, 15) is 0 Å². The Morgan fingerprint density at radius 2 is 2.29 bits per heavy atom. The molecule has 3 nitrogen and oxygen atoms in total. The lowest BCUT2D eigenvalue weighted by atomic mass is 10.3. The van der Waals surface area contributed by atoms with E-state index >= 15 is 0 Å². The molecule has 0 saturated heterocycles. The maximum Gasteiger partial charge on any atom is 0.191 e. The molecule has 0 bridgehead atoms. The summed E-state index contributed by atoms with van der Waals surface area (Å²) in [5, 5.41) is 8.92. The molecule has 6 heteroatoms. The average molecular weight is 386 g/mol. The number of aliphatic imine (C=N–C) groups is 1. The van der Waals surface area contributed by atoms with Crippen LogP contribution in [0.1, 0.15) is 4.88 Å². The summed E-state index contributed by atoms with van der Waals surface area (Å²) in [4.78, 5) is 5.44. The van der Waals surface area contributed by atoms with Crippen LogP contribution in [0.4, 0.5) is 0 Å². The summed E-state index contributed by atoms with van der Waals surface area (Å²) in [5.41, 5.74) is 0. The minimum absolute atomic E-state index is 0. The van der Waals surface area contributed by atoms with E-state index in [4.69, 9.17) is 11.6 Å². The molecule has 1 heterocycles. The van der Waals surface area contributed by atoms with Crippen LogP contribution in [0.15, 0.2) is 34.1 Å². The average Bonchev–Trinajstić information content (AvgIpc) is 2.75. The van der Waals surface area contributed by atoms with E-state index in [1.54, 1.807) is 18.4 Å². The second kappa shape index (κ2) is 9.73. The fraction of sp³-hybridized carbons (Fsp3) is 0.364. The molecule has 0 fully saturated rings. The van der Waals surface area contributed by atoms with Crippen molar-refractivity contribution in [1.82, 2.24) is 10.6 Å². The molecule has 0 radical (unpaired) electrons. The Labute approximate surface area is 128 Å². The Kier molecular flexibility index (Phi) is 9.57. The van der Waals surface area contributed by atoms with Crippen LogP contribution in [0, 0.1) is 0 Å². The van der Waals surface area contributed by atoms with Gasteiger partial charge in [0, 0.05) is 23.5 Å². The van der Waals surface area contributed by atoms with Gasteiger partial charge >= 0.3 is 0 Å². The van der Waals surface area contributed by atoms with E-state index in [1.165, 1.54) is 4.88 Å². The molecule has 0 aliphatic carbocycles. The quantitative estimate of drug-likeness (QED) is 0.464. The van der Waals surface area contributed by atoms with Crippen molar-refractivity contribution in [2.24, 2.45) is 4.99 Å². The van der Waals surface area contributed by atoms with E-state index in [1.807, 2.05) is 0 Å². The van der Waals surface area contributed by atoms with Crippen molar-refractivity contribution in [3.05, 3.63) is 34.0 Å². The summed E-state index contributed by atoms with van der Waals surface area (Å²) < 4.78 is 0. The number of nitrogens with one attached hydrogen (secondary N) is 2. The molecule has 1 aromatic heterocycles. The molecular formula is C11H17ClIN3S. The zero-order valence-electron chi connectivity index (χ0n) is 9.70. The molecule has 0 saturated carbocycles. The number of hydrogen-bond acceptors (Lipinski definition) is 2. The van der Waals surface area contributed by atoms with Crippen LogP contribution in [0.3, 0.4) is 0 Å². The number of thiophene rings is 1. The Morgan fingerprint density at radius 3 is 2.82 bits per heavy atom. The first-order valence-electron chi connectivity index (χ1n) is 5.02. The molecule has 96 valence electrons. The molecule has 0 aromatic carbocycles. The topological polar surface area (TPSA) is 36.4 Å². The van der Waals surface area contributed by atoms with Gasteiger partial charge in [0.1, 0.15) is 0 Å². The van der Waals surface area contributed by atoms with Gasteiger partial charge in [-0.2, -0.15) is 0 Å². The number of nitrogens with zero attached hydrogens (tertiary/aromatic N) is 1. The van der Waals surface area contributed by atoms with Crippen LogP contribution in [-0.4, -0.2) is 26.1 Å². The largest absolute Gasteiger partial charge is 0.356 e. The lowest BCUT2D eigenvalue weighted by Gasteiger charge is -2.10. The Morgan fingerprint density at radius 1 is 1.53 bits per heavy atom. The second-order valence-electron chi connectivity index (χ2n) is 3.20. The first-order chi connectivity index (χ1) is 7.72. The third kappa shape index (κ3) is 7.62. The lowest BCUT2D eigenvalue weighted by Crippen LogP contribution is -2.38. The van der Waals surface area contributed by atoms with Crippen molar-refractivity contribution in [1.29, 1.82) is 0 Å². The maximum absolute atomic E-state index is 5.66. The van der Waals surface area contributed by atoms with Gasteiger partial charge in [0.05, 0.1) is 6.54 Å². The van der Waals surface area contributed by atoms with Crippen molar-refractivity contribution in [3.63, 3.8) is 0 Å². The van der Waals surface area contributed by atoms with Gasteiger partial charge in [-0.3, -0.25) is 4.99 Å². The zero-order valence-corrected chi connectivity index (χ0v) is 13.6. The van der Waals surface area contributed by atoms with Gasteiger partial charge in [-0.1, -0.05) is 24.2 Å². The van der Waals surface area contributed by atoms with Crippen LogP contribution in [0.25, 0.3) is 0 Å². The van der Waals surface area contributed by atoms with Crippen LogP contribution in [0.2, 0.25) is 0 Å². The van der Waals surface area contributed by atoms with Gasteiger partial charge in [0.15, 0.2) is 5.96 Å². The zero-order chi connectivity index (χ0) is 11.8. The van der Waals surface area contributed by atoms with Gasteiger partial charge < -0.3 is 10.6 Å². The molecule has 1 rings (SSSR count). The first kappa shape index (κ1) is 16.7. The van der Waals surface area contributed by atoms with Gasteiger partial charge in [0.2, 0.25) is 0 Å². The monoisotopic (exact) mass is 385 g/mol. The molecule has 2 N–H and O–H groups in total. The summed E-state index contributed by atoms with van der Waals surface area (Å²) in [5.74, 6) is 0.748. The summed E-state index contributed by atoms with van der Waals surface area (Å²) in [7, 11) is 1.73. The van der Waals surface area contributed by atoms with E-state index in [0.717, 1.165) is 18.9 Å². The highest BCUT2D eigenvalue weighted by Gasteiger charge is 1.98. The fourth-order valence-electron chi connectivity index (χ4n) is 1.16. The van der Waals surface area contributed by atoms with Crippen molar-refractivity contribution >= 4 is 52.9 Å². The van der Waals surface area contributed by atoms with Gasteiger partial charge in [-0.25, -0.2) is 0 Å². The fourth-order valence-corrected chi connectivity index (χ4v) is 1.93. The third-order valence-electron chi connectivity index (χ3n) is 1.92. The molecule has 17 heavy (non-hydrogen) atoms.